The summed E-state index contributed by atoms with van der Waals surface area (Å²) in [5.41, 5.74) is 0.598. The van der Waals surface area contributed by atoms with Crippen molar-refractivity contribution in [2.45, 2.75) is 50.8 Å². The largest absolute Gasteiger partial charge is 0.300 e. The molecule has 130 valence electrons. The van der Waals surface area contributed by atoms with Crippen molar-refractivity contribution in [3.63, 3.8) is 0 Å². The average Bonchev–Trinajstić information content (AvgIpc) is 2.54. The van der Waals surface area contributed by atoms with Gasteiger partial charge < -0.3 is 4.90 Å². The minimum Gasteiger partial charge on any atom is -0.300 e. The van der Waals surface area contributed by atoms with Crippen molar-refractivity contribution in [3.8, 4) is 0 Å². The van der Waals surface area contributed by atoms with Gasteiger partial charge in [0, 0.05) is 12.6 Å². The third-order valence-electron chi connectivity index (χ3n) is 4.43. The minimum absolute atomic E-state index is 0.103. The molecule has 0 aliphatic carbocycles. The normalized spacial score (nSPS) is 19.8. The van der Waals surface area contributed by atoms with E-state index in [1.807, 2.05) is 0 Å². The van der Waals surface area contributed by atoms with Gasteiger partial charge in [-0.2, -0.15) is 0 Å². The van der Waals surface area contributed by atoms with Crippen molar-refractivity contribution in [3.05, 3.63) is 35.6 Å². The summed E-state index contributed by atoms with van der Waals surface area (Å²) < 4.78 is 39.6. The van der Waals surface area contributed by atoms with Crippen LogP contribution >= 0.6 is 0 Å². The summed E-state index contributed by atoms with van der Waals surface area (Å²) in [6.45, 7) is 4.74. The number of nitrogens with zero attached hydrogens (tertiary/aromatic N) is 1. The van der Waals surface area contributed by atoms with Gasteiger partial charge in [0.25, 0.3) is 0 Å². The van der Waals surface area contributed by atoms with Crippen molar-refractivity contribution in [2.75, 3.05) is 19.6 Å². The van der Waals surface area contributed by atoms with Crippen LogP contribution in [0.15, 0.2) is 24.3 Å². The Labute approximate surface area is 139 Å². The Morgan fingerprint density at radius 1 is 1.26 bits per heavy atom. The standard InChI is InChI=1S/C17H27FN2O2S/c1-2-17-6-3-4-12-20(17)13-5-11-19-23(21,22)14-15-7-9-16(18)10-8-15/h7-10,17,19H,2-6,11-14H2,1H3/t17-/m0/s1. The molecule has 4 nitrogen and oxygen atoms in total. The first-order valence-corrected chi connectivity index (χ1v) is 10.1. The van der Waals surface area contributed by atoms with Crippen molar-refractivity contribution in [1.82, 2.24) is 9.62 Å². The molecular weight excluding hydrogens is 315 g/mol. The quantitative estimate of drug-likeness (QED) is 0.739. The molecule has 23 heavy (non-hydrogen) atoms. The highest BCUT2D eigenvalue weighted by Gasteiger charge is 2.20. The number of nitrogens with one attached hydrogen (secondary N) is 1. The van der Waals surface area contributed by atoms with Crippen LogP contribution in [-0.2, 0) is 15.8 Å². The van der Waals surface area contributed by atoms with Gasteiger partial charge in [-0.25, -0.2) is 17.5 Å². The lowest BCUT2D eigenvalue weighted by Gasteiger charge is -2.35. The molecule has 1 aromatic rings. The molecule has 0 saturated carbocycles. The van der Waals surface area contributed by atoms with Crippen LogP contribution in [0.3, 0.4) is 0 Å². The van der Waals surface area contributed by atoms with Crippen molar-refractivity contribution < 1.29 is 12.8 Å². The van der Waals surface area contributed by atoms with Gasteiger partial charge in [-0.05, 0) is 56.5 Å². The maximum atomic E-state index is 12.8. The van der Waals surface area contributed by atoms with Crippen LogP contribution in [0.25, 0.3) is 0 Å². The Morgan fingerprint density at radius 2 is 2.00 bits per heavy atom. The van der Waals surface area contributed by atoms with E-state index in [2.05, 4.69) is 16.5 Å². The van der Waals surface area contributed by atoms with E-state index in [9.17, 15) is 12.8 Å². The lowest BCUT2D eigenvalue weighted by molar-refractivity contribution is 0.143. The molecular formula is C17H27FN2O2S. The topological polar surface area (TPSA) is 49.4 Å². The Morgan fingerprint density at radius 3 is 2.70 bits per heavy atom. The molecule has 1 saturated heterocycles. The van der Waals surface area contributed by atoms with Gasteiger partial charge in [0.2, 0.25) is 10.0 Å². The molecule has 0 amide bonds. The maximum Gasteiger partial charge on any atom is 0.215 e. The van der Waals surface area contributed by atoms with E-state index < -0.39 is 10.0 Å². The number of hydrogen-bond donors (Lipinski definition) is 1. The first-order valence-electron chi connectivity index (χ1n) is 8.46. The van der Waals surface area contributed by atoms with Crippen LogP contribution in [-0.4, -0.2) is 39.0 Å². The van der Waals surface area contributed by atoms with Crippen LogP contribution in [0.1, 0.15) is 44.6 Å². The Kier molecular flexibility index (Phi) is 6.99. The van der Waals surface area contributed by atoms with Gasteiger partial charge in [-0.1, -0.05) is 25.5 Å². The molecule has 1 aliphatic rings. The second kappa shape index (κ2) is 8.76. The maximum absolute atomic E-state index is 12.8. The molecule has 0 radical (unpaired) electrons. The third kappa shape index (κ3) is 6.20. The van der Waals surface area contributed by atoms with E-state index in [1.165, 1.54) is 43.5 Å². The van der Waals surface area contributed by atoms with Crippen molar-refractivity contribution in [2.24, 2.45) is 0 Å². The molecule has 1 heterocycles. The van der Waals surface area contributed by atoms with E-state index in [1.54, 1.807) is 0 Å². The number of rotatable bonds is 8. The molecule has 0 bridgehead atoms. The first-order chi connectivity index (χ1) is 11.0. The summed E-state index contributed by atoms with van der Waals surface area (Å²) in [7, 11) is -3.36. The number of likely N-dealkylation sites (tertiary alicyclic amines) is 1. The molecule has 0 spiro atoms. The van der Waals surface area contributed by atoms with Gasteiger partial charge in [0.1, 0.15) is 5.82 Å². The van der Waals surface area contributed by atoms with Crippen LogP contribution in [0, 0.1) is 5.82 Å². The molecule has 6 heteroatoms. The van der Waals surface area contributed by atoms with Gasteiger partial charge in [0.15, 0.2) is 0 Å². The van der Waals surface area contributed by atoms with Crippen LogP contribution in [0.4, 0.5) is 4.39 Å². The molecule has 0 unspecified atom stereocenters. The summed E-state index contributed by atoms with van der Waals surface area (Å²) in [5.74, 6) is -0.458. The fourth-order valence-corrected chi connectivity index (χ4v) is 4.37. The zero-order valence-electron chi connectivity index (χ0n) is 13.8. The summed E-state index contributed by atoms with van der Waals surface area (Å²) in [5, 5.41) is 0. The lowest BCUT2D eigenvalue weighted by atomic mass is 10.00. The fraction of sp³-hybridized carbons (Fsp3) is 0.647. The van der Waals surface area contributed by atoms with Gasteiger partial charge >= 0.3 is 0 Å². The highest BCUT2D eigenvalue weighted by Crippen LogP contribution is 2.19. The molecule has 1 aromatic carbocycles. The van der Waals surface area contributed by atoms with E-state index in [0.29, 0.717) is 18.2 Å². The number of halogens is 1. The Bertz CT molecular complexity index is 575. The SMILES string of the molecule is CC[C@H]1CCCCN1CCCNS(=O)(=O)Cc1ccc(F)cc1. The lowest BCUT2D eigenvalue weighted by Crippen LogP contribution is -2.40. The second-order valence-electron chi connectivity index (χ2n) is 6.23. The van der Waals surface area contributed by atoms with Crippen LogP contribution in [0.2, 0.25) is 0 Å². The second-order valence-corrected chi connectivity index (χ2v) is 8.03. The van der Waals surface area contributed by atoms with Gasteiger partial charge in [-0.3, -0.25) is 0 Å². The Balaban J connectivity index is 1.73. The number of hydrogen-bond acceptors (Lipinski definition) is 3. The third-order valence-corrected chi connectivity index (χ3v) is 5.79. The molecule has 1 aliphatic heterocycles. The number of sulfonamides is 1. The fourth-order valence-electron chi connectivity index (χ4n) is 3.18. The number of piperidine rings is 1. The van der Waals surface area contributed by atoms with Crippen molar-refractivity contribution in [1.29, 1.82) is 0 Å². The molecule has 2 rings (SSSR count). The predicted octanol–water partition coefficient (Wildman–Crippen LogP) is 2.90. The monoisotopic (exact) mass is 342 g/mol. The zero-order chi connectivity index (χ0) is 16.7. The van der Waals surface area contributed by atoms with E-state index in [-0.39, 0.29) is 11.6 Å². The summed E-state index contributed by atoms with van der Waals surface area (Å²) in [4.78, 5) is 2.48. The predicted molar refractivity (Wildman–Crippen MR) is 91.1 cm³/mol. The highest BCUT2D eigenvalue weighted by molar-refractivity contribution is 7.88. The smallest absolute Gasteiger partial charge is 0.215 e. The zero-order valence-corrected chi connectivity index (χ0v) is 14.6. The Hall–Kier alpha value is -0.980. The summed E-state index contributed by atoms with van der Waals surface area (Å²) in [6.07, 6.45) is 5.79. The molecule has 0 aromatic heterocycles. The number of benzene rings is 1. The van der Waals surface area contributed by atoms with Crippen LogP contribution < -0.4 is 4.72 Å². The van der Waals surface area contributed by atoms with Crippen molar-refractivity contribution >= 4 is 10.0 Å². The average molecular weight is 342 g/mol. The molecule has 1 N–H and O–H groups in total. The van der Waals surface area contributed by atoms with Gasteiger partial charge in [0.05, 0.1) is 5.75 Å². The van der Waals surface area contributed by atoms with Crippen LogP contribution in [0.5, 0.6) is 0 Å². The van der Waals surface area contributed by atoms with E-state index in [0.717, 1.165) is 25.9 Å². The molecule has 1 fully saturated rings. The first kappa shape index (κ1) is 18.4. The minimum atomic E-state index is -3.36. The van der Waals surface area contributed by atoms with Gasteiger partial charge in [-0.15, -0.1) is 0 Å². The van der Waals surface area contributed by atoms with E-state index >= 15 is 0 Å². The van der Waals surface area contributed by atoms with E-state index in [4.69, 9.17) is 0 Å². The summed E-state index contributed by atoms with van der Waals surface area (Å²) in [6, 6.07) is 6.24. The highest BCUT2D eigenvalue weighted by atomic mass is 32.2. The summed E-state index contributed by atoms with van der Waals surface area (Å²) >= 11 is 0. The molecule has 1 atom stereocenters.